The number of thioether (sulfide) groups is 1. The molecule has 1 rings (SSSR count). The SMILES string of the molecule is CCOC(=O)C(C)NC(=O)CSCC(=O)N1CCOCC1. The minimum absolute atomic E-state index is 0.00883. The fourth-order valence-electron chi connectivity index (χ4n) is 1.74. The van der Waals surface area contributed by atoms with Crippen LogP contribution in [0, 0.1) is 0 Å². The third-order valence-corrected chi connectivity index (χ3v) is 3.76. The van der Waals surface area contributed by atoms with Gasteiger partial charge in [0, 0.05) is 13.1 Å². The smallest absolute Gasteiger partial charge is 0.328 e. The number of nitrogens with one attached hydrogen (secondary N) is 1. The molecule has 1 unspecified atom stereocenters. The number of amides is 2. The number of rotatable bonds is 7. The molecule has 0 aromatic rings. The highest BCUT2D eigenvalue weighted by Gasteiger charge is 2.19. The zero-order chi connectivity index (χ0) is 15.7. The van der Waals surface area contributed by atoms with Crippen LogP contribution in [0.5, 0.6) is 0 Å². The maximum atomic E-state index is 11.8. The van der Waals surface area contributed by atoms with Crippen LogP contribution in [0.2, 0.25) is 0 Å². The highest BCUT2D eigenvalue weighted by molar-refractivity contribution is 8.00. The average molecular weight is 318 g/mol. The van der Waals surface area contributed by atoms with Gasteiger partial charge in [-0.25, -0.2) is 4.79 Å². The van der Waals surface area contributed by atoms with E-state index in [1.165, 1.54) is 11.8 Å². The van der Waals surface area contributed by atoms with E-state index < -0.39 is 12.0 Å². The monoisotopic (exact) mass is 318 g/mol. The molecule has 1 aliphatic heterocycles. The van der Waals surface area contributed by atoms with Crippen molar-refractivity contribution in [1.82, 2.24) is 10.2 Å². The minimum Gasteiger partial charge on any atom is -0.464 e. The number of hydrogen-bond acceptors (Lipinski definition) is 6. The molecule has 0 radical (unpaired) electrons. The highest BCUT2D eigenvalue weighted by atomic mass is 32.2. The van der Waals surface area contributed by atoms with E-state index in [1.807, 2.05) is 0 Å². The summed E-state index contributed by atoms with van der Waals surface area (Å²) in [6, 6.07) is -0.673. The van der Waals surface area contributed by atoms with Gasteiger partial charge in [-0.15, -0.1) is 11.8 Å². The van der Waals surface area contributed by atoms with Crippen molar-refractivity contribution < 1.29 is 23.9 Å². The Morgan fingerprint density at radius 3 is 2.57 bits per heavy atom. The molecule has 1 saturated heterocycles. The quantitative estimate of drug-likeness (QED) is 0.646. The Morgan fingerprint density at radius 2 is 1.95 bits per heavy atom. The van der Waals surface area contributed by atoms with E-state index in [4.69, 9.17) is 9.47 Å². The van der Waals surface area contributed by atoms with Crippen LogP contribution < -0.4 is 5.32 Å². The zero-order valence-corrected chi connectivity index (χ0v) is 13.2. The summed E-state index contributed by atoms with van der Waals surface area (Å²) in [6.45, 7) is 5.89. The molecule has 0 spiro atoms. The standard InChI is InChI=1S/C13H22N2O5S/c1-3-20-13(18)10(2)14-11(16)8-21-9-12(17)15-4-6-19-7-5-15/h10H,3-9H2,1-2H3,(H,14,16). The number of nitrogens with zero attached hydrogens (tertiary/aromatic N) is 1. The van der Waals surface area contributed by atoms with Crippen LogP contribution in [0.1, 0.15) is 13.8 Å². The molecule has 0 aromatic carbocycles. The first-order chi connectivity index (χ1) is 10.0. The summed E-state index contributed by atoms with van der Waals surface area (Å²) in [4.78, 5) is 36.6. The largest absolute Gasteiger partial charge is 0.464 e. The van der Waals surface area contributed by atoms with Gasteiger partial charge in [-0.3, -0.25) is 9.59 Å². The van der Waals surface area contributed by atoms with Crippen LogP contribution in [0.4, 0.5) is 0 Å². The summed E-state index contributed by atoms with van der Waals surface area (Å²) in [7, 11) is 0. The molecule has 0 bridgehead atoms. The normalized spacial score (nSPS) is 16.2. The van der Waals surface area contributed by atoms with E-state index in [-0.39, 0.29) is 29.9 Å². The molecule has 1 atom stereocenters. The van der Waals surface area contributed by atoms with Crippen LogP contribution in [-0.2, 0) is 23.9 Å². The van der Waals surface area contributed by atoms with Gasteiger partial charge in [0.05, 0.1) is 31.3 Å². The summed E-state index contributed by atoms with van der Waals surface area (Å²) >= 11 is 1.23. The van der Waals surface area contributed by atoms with Gasteiger partial charge in [0.25, 0.3) is 0 Å². The van der Waals surface area contributed by atoms with Gasteiger partial charge < -0.3 is 19.7 Å². The van der Waals surface area contributed by atoms with Gasteiger partial charge in [-0.2, -0.15) is 0 Å². The third kappa shape index (κ3) is 6.81. The summed E-state index contributed by atoms with van der Waals surface area (Å²) < 4.78 is 9.96. The Kier molecular flexibility index (Phi) is 8.14. The summed E-state index contributed by atoms with van der Waals surface area (Å²) in [5.74, 6) is -0.341. The first kappa shape index (κ1) is 17.8. The lowest BCUT2D eigenvalue weighted by atomic mass is 10.3. The molecule has 0 aromatic heterocycles. The van der Waals surface area contributed by atoms with Crippen molar-refractivity contribution in [2.45, 2.75) is 19.9 Å². The lowest BCUT2D eigenvalue weighted by molar-refractivity contribution is -0.146. The molecular formula is C13H22N2O5S. The Bertz CT molecular complexity index is 372. The molecule has 0 aliphatic carbocycles. The van der Waals surface area contributed by atoms with Crippen molar-refractivity contribution in [2.75, 3.05) is 44.4 Å². The van der Waals surface area contributed by atoms with Gasteiger partial charge in [-0.1, -0.05) is 0 Å². The fraction of sp³-hybridized carbons (Fsp3) is 0.769. The molecule has 120 valence electrons. The predicted molar refractivity (Wildman–Crippen MR) is 79.0 cm³/mol. The lowest BCUT2D eigenvalue weighted by Crippen LogP contribution is -2.42. The van der Waals surface area contributed by atoms with Crippen molar-refractivity contribution in [3.63, 3.8) is 0 Å². The summed E-state index contributed by atoms with van der Waals surface area (Å²) in [6.07, 6.45) is 0. The van der Waals surface area contributed by atoms with Gasteiger partial charge >= 0.3 is 5.97 Å². The first-order valence-corrected chi connectivity index (χ1v) is 8.09. The van der Waals surface area contributed by atoms with Crippen LogP contribution in [-0.4, -0.2) is 73.1 Å². The van der Waals surface area contributed by atoms with E-state index in [2.05, 4.69) is 5.32 Å². The van der Waals surface area contributed by atoms with Crippen molar-refractivity contribution in [2.24, 2.45) is 0 Å². The maximum Gasteiger partial charge on any atom is 0.328 e. The molecule has 1 heterocycles. The molecule has 1 fully saturated rings. The second-order valence-corrected chi connectivity index (χ2v) is 5.51. The van der Waals surface area contributed by atoms with Crippen molar-refractivity contribution in [1.29, 1.82) is 0 Å². The number of carbonyl (C=O) groups excluding carboxylic acids is 3. The van der Waals surface area contributed by atoms with E-state index in [1.54, 1.807) is 18.7 Å². The maximum absolute atomic E-state index is 11.8. The van der Waals surface area contributed by atoms with Gasteiger partial charge in [0.2, 0.25) is 11.8 Å². The number of hydrogen-bond donors (Lipinski definition) is 1. The van der Waals surface area contributed by atoms with Crippen molar-refractivity contribution >= 4 is 29.5 Å². The van der Waals surface area contributed by atoms with Crippen LogP contribution in [0.25, 0.3) is 0 Å². The number of ether oxygens (including phenoxy) is 2. The van der Waals surface area contributed by atoms with Crippen LogP contribution in [0.3, 0.4) is 0 Å². The second-order valence-electron chi connectivity index (χ2n) is 4.53. The zero-order valence-electron chi connectivity index (χ0n) is 12.4. The van der Waals surface area contributed by atoms with Crippen LogP contribution in [0.15, 0.2) is 0 Å². The van der Waals surface area contributed by atoms with E-state index in [0.717, 1.165) is 0 Å². The minimum atomic E-state index is -0.673. The second kappa shape index (κ2) is 9.62. The molecule has 2 amide bonds. The van der Waals surface area contributed by atoms with Crippen molar-refractivity contribution in [3.05, 3.63) is 0 Å². The number of morpholine rings is 1. The Hall–Kier alpha value is -1.28. The Labute approximate surface area is 128 Å². The van der Waals surface area contributed by atoms with Gasteiger partial charge in [-0.05, 0) is 13.8 Å². The molecule has 7 nitrogen and oxygen atoms in total. The van der Waals surface area contributed by atoms with E-state index in [9.17, 15) is 14.4 Å². The fourth-order valence-corrected chi connectivity index (χ4v) is 2.47. The number of esters is 1. The molecule has 1 aliphatic rings. The Morgan fingerprint density at radius 1 is 1.29 bits per heavy atom. The lowest BCUT2D eigenvalue weighted by Gasteiger charge is -2.26. The molecule has 21 heavy (non-hydrogen) atoms. The molecule has 1 N–H and O–H groups in total. The van der Waals surface area contributed by atoms with E-state index >= 15 is 0 Å². The van der Waals surface area contributed by atoms with Crippen LogP contribution >= 0.6 is 11.8 Å². The van der Waals surface area contributed by atoms with E-state index in [0.29, 0.717) is 26.3 Å². The predicted octanol–water partition coefficient (Wildman–Crippen LogP) is -0.354. The Balaban J connectivity index is 2.17. The topological polar surface area (TPSA) is 84.9 Å². The third-order valence-electron chi connectivity index (χ3n) is 2.84. The highest BCUT2D eigenvalue weighted by Crippen LogP contribution is 2.05. The van der Waals surface area contributed by atoms with Crippen molar-refractivity contribution in [3.8, 4) is 0 Å². The molecule has 0 saturated carbocycles. The van der Waals surface area contributed by atoms with Gasteiger partial charge in [0.1, 0.15) is 6.04 Å². The van der Waals surface area contributed by atoms with Gasteiger partial charge in [0.15, 0.2) is 0 Å². The first-order valence-electron chi connectivity index (χ1n) is 6.93. The molecule has 8 heteroatoms. The summed E-state index contributed by atoms with van der Waals surface area (Å²) in [5, 5.41) is 2.54. The molecular weight excluding hydrogens is 296 g/mol. The number of carbonyl (C=O) groups is 3. The summed E-state index contributed by atoms with van der Waals surface area (Å²) in [5.41, 5.74) is 0. The average Bonchev–Trinajstić information content (AvgIpc) is 2.48.